The zero-order valence-electron chi connectivity index (χ0n) is 9.70. The highest BCUT2D eigenvalue weighted by Crippen LogP contribution is 2.27. The summed E-state index contributed by atoms with van der Waals surface area (Å²) in [4.78, 5) is 5.63. The lowest BCUT2D eigenvalue weighted by atomic mass is 10.3. The monoisotopic (exact) mass is 237 g/mol. The smallest absolute Gasteiger partial charge is 0.190 e. The van der Waals surface area contributed by atoms with Crippen molar-refractivity contribution in [2.75, 3.05) is 20.1 Å². The third kappa shape index (κ3) is 3.85. The van der Waals surface area contributed by atoms with E-state index >= 15 is 0 Å². The van der Waals surface area contributed by atoms with E-state index in [1.165, 1.54) is 17.7 Å². The maximum atomic E-state index is 4.20. The first-order valence-electron chi connectivity index (χ1n) is 5.85. The van der Waals surface area contributed by atoms with Gasteiger partial charge in [0.05, 0.1) is 0 Å². The predicted molar refractivity (Wildman–Crippen MR) is 70.1 cm³/mol. The van der Waals surface area contributed by atoms with Gasteiger partial charge in [-0.05, 0) is 36.6 Å². The lowest BCUT2D eigenvalue weighted by Gasteiger charge is -2.10. The van der Waals surface area contributed by atoms with Gasteiger partial charge in [-0.2, -0.15) is 0 Å². The van der Waals surface area contributed by atoms with Crippen LogP contribution >= 0.6 is 11.3 Å². The topological polar surface area (TPSA) is 36.4 Å². The molecule has 1 aromatic rings. The van der Waals surface area contributed by atoms with Crippen LogP contribution in [0.2, 0.25) is 0 Å². The Bertz CT molecular complexity index is 328. The van der Waals surface area contributed by atoms with Crippen LogP contribution in [-0.2, 0) is 6.42 Å². The summed E-state index contributed by atoms with van der Waals surface area (Å²) in [6.45, 7) is 2.02. The molecule has 3 nitrogen and oxygen atoms in total. The largest absolute Gasteiger partial charge is 0.356 e. The Labute approximate surface area is 101 Å². The molecule has 1 aliphatic rings. The molecule has 1 heterocycles. The summed E-state index contributed by atoms with van der Waals surface area (Å²) in [6, 6.07) is 4.27. The standard InChI is InChI=1S/C12H19N3S/c1-13-12(15-9-10-4-5-10)14-7-6-11-3-2-8-16-11/h2-3,8,10H,4-7,9H2,1H3,(H2,13,14,15). The van der Waals surface area contributed by atoms with Crippen molar-refractivity contribution in [3.05, 3.63) is 22.4 Å². The van der Waals surface area contributed by atoms with E-state index < -0.39 is 0 Å². The van der Waals surface area contributed by atoms with E-state index in [1.807, 2.05) is 18.4 Å². The summed E-state index contributed by atoms with van der Waals surface area (Å²) in [5.74, 6) is 1.82. The molecular weight excluding hydrogens is 218 g/mol. The summed E-state index contributed by atoms with van der Waals surface area (Å²) in [7, 11) is 1.83. The summed E-state index contributed by atoms with van der Waals surface area (Å²) < 4.78 is 0. The van der Waals surface area contributed by atoms with Gasteiger partial charge in [-0.25, -0.2) is 0 Å². The Morgan fingerprint density at radius 1 is 1.50 bits per heavy atom. The van der Waals surface area contributed by atoms with Crippen molar-refractivity contribution in [3.63, 3.8) is 0 Å². The fraction of sp³-hybridized carbons (Fsp3) is 0.583. The zero-order chi connectivity index (χ0) is 11.2. The highest BCUT2D eigenvalue weighted by Gasteiger charge is 2.20. The molecule has 2 rings (SSSR count). The Hall–Kier alpha value is -1.03. The average molecular weight is 237 g/mol. The normalized spacial score (nSPS) is 16.2. The van der Waals surface area contributed by atoms with Crippen LogP contribution in [-0.4, -0.2) is 26.1 Å². The molecule has 0 radical (unpaired) electrons. The van der Waals surface area contributed by atoms with E-state index in [1.54, 1.807) is 0 Å². The van der Waals surface area contributed by atoms with Crippen molar-refractivity contribution in [2.45, 2.75) is 19.3 Å². The molecule has 2 N–H and O–H groups in total. The number of nitrogens with one attached hydrogen (secondary N) is 2. The second-order valence-electron chi connectivity index (χ2n) is 4.15. The van der Waals surface area contributed by atoms with Crippen molar-refractivity contribution in [2.24, 2.45) is 10.9 Å². The first kappa shape index (κ1) is 11.5. The second-order valence-corrected chi connectivity index (χ2v) is 5.18. The SMILES string of the molecule is CN=C(NCCc1cccs1)NCC1CC1. The van der Waals surface area contributed by atoms with Gasteiger partial charge < -0.3 is 10.6 Å². The van der Waals surface area contributed by atoms with Gasteiger partial charge in [-0.1, -0.05) is 6.07 Å². The van der Waals surface area contributed by atoms with Gasteiger partial charge in [0.15, 0.2) is 5.96 Å². The number of rotatable bonds is 5. The summed E-state index contributed by atoms with van der Waals surface area (Å²) in [5, 5.41) is 8.81. The third-order valence-corrected chi connectivity index (χ3v) is 3.66. The quantitative estimate of drug-likeness (QED) is 0.606. The second kappa shape index (κ2) is 5.89. The van der Waals surface area contributed by atoms with Crippen LogP contribution < -0.4 is 10.6 Å². The van der Waals surface area contributed by atoms with Crippen molar-refractivity contribution >= 4 is 17.3 Å². The molecule has 88 valence electrons. The lowest BCUT2D eigenvalue weighted by molar-refractivity contribution is 0.736. The van der Waals surface area contributed by atoms with E-state index in [0.717, 1.165) is 31.4 Å². The number of nitrogens with zero attached hydrogens (tertiary/aromatic N) is 1. The van der Waals surface area contributed by atoms with E-state index in [4.69, 9.17) is 0 Å². The highest BCUT2D eigenvalue weighted by atomic mass is 32.1. The highest BCUT2D eigenvalue weighted by molar-refractivity contribution is 7.09. The van der Waals surface area contributed by atoms with E-state index in [0.29, 0.717) is 0 Å². The van der Waals surface area contributed by atoms with Crippen LogP contribution in [0.5, 0.6) is 0 Å². The molecule has 1 aromatic heterocycles. The summed E-state index contributed by atoms with van der Waals surface area (Å²) in [5.41, 5.74) is 0. The maximum Gasteiger partial charge on any atom is 0.190 e. The maximum absolute atomic E-state index is 4.20. The van der Waals surface area contributed by atoms with Gasteiger partial charge in [0, 0.05) is 25.0 Å². The van der Waals surface area contributed by atoms with Gasteiger partial charge in [-0.15, -0.1) is 11.3 Å². The minimum absolute atomic E-state index is 0.885. The molecule has 0 unspecified atom stereocenters. The fourth-order valence-corrected chi connectivity index (χ4v) is 2.25. The Morgan fingerprint density at radius 3 is 3.00 bits per heavy atom. The Kier molecular flexibility index (Phi) is 4.22. The van der Waals surface area contributed by atoms with Crippen LogP contribution in [0, 0.1) is 5.92 Å². The number of hydrogen-bond acceptors (Lipinski definition) is 2. The molecule has 0 atom stereocenters. The molecule has 4 heteroatoms. The molecule has 0 aromatic carbocycles. The number of thiophene rings is 1. The number of hydrogen-bond donors (Lipinski definition) is 2. The van der Waals surface area contributed by atoms with Gasteiger partial charge in [0.25, 0.3) is 0 Å². The van der Waals surface area contributed by atoms with E-state index in [2.05, 4.69) is 33.1 Å². The van der Waals surface area contributed by atoms with Crippen LogP contribution in [0.1, 0.15) is 17.7 Å². The van der Waals surface area contributed by atoms with E-state index in [9.17, 15) is 0 Å². The molecule has 0 bridgehead atoms. The molecule has 0 spiro atoms. The molecular formula is C12H19N3S. The molecule has 1 aliphatic carbocycles. The first-order chi connectivity index (χ1) is 7.88. The Balaban J connectivity index is 1.62. The van der Waals surface area contributed by atoms with Crippen LogP contribution in [0.3, 0.4) is 0 Å². The first-order valence-corrected chi connectivity index (χ1v) is 6.73. The van der Waals surface area contributed by atoms with Crippen molar-refractivity contribution in [3.8, 4) is 0 Å². The van der Waals surface area contributed by atoms with Gasteiger partial charge in [0.2, 0.25) is 0 Å². The fourth-order valence-electron chi connectivity index (χ4n) is 1.54. The van der Waals surface area contributed by atoms with Crippen molar-refractivity contribution < 1.29 is 0 Å². The predicted octanol–water partition coefficient (Wildman–Crippen LogP) is 1.87. The average Bonchev–Trinajstić information content (AvgIpc) is 2.99. The van der Waals surface area contributed by atoms with Crippen molar-refractivity contribution in [1.82, 2.24) is 10.6 Å². The minimum Gasteiger partial charge on any atom is -0.356 e. The lowest BCUT2D eigenvalue weighted by Crippen LogP contribution is -2.39. The Morgan fingerprint density at radius 2 is 2.38 bits per heavy atom. The molecule has 0 amide bonds. The minimum atomic E-state index is 0.885. The zero-order valence-corrected chi connectivity index (χ0v) is 10.5. The third-order valence-electron chi connectivity index (χ3n) is 2.72. The molecule has 1 fully saturated rings. The molecule has 0 aliphatic heterocycles. The van der Waals surface area contributed by atoms with Crippen LogP contribution in [0.4, 0.5) is 0 Å². The van der Waals surface area contributed by atoms with Gasteiger partial charge >= 0.3 is 0 Å². The van der Waals surface area contributed by atoms with Crippen LogP contribution in [0.25, 0.3) is 0 Å². The number of guanidine groups is 1. The molecule has 16 heavy (non-hydrogen) atoms. The van der Waals surface area contributed by atoms with Crippen molar-refractivity contribution in [1.29, 1.82) is 0 Å². The van der Waals surface area contributed by atoms with Gasteiger partial charge in [-0.3, -0.25) is 4.99 Å². The summed E-state index contributed by atoms with van der Waals surface area (Å²) in [6.07, 6.45) is 3.82. The van der Waals surface area contributed by atoms with E-state index in [-0.39, 0.29) is 0 Å². The number of aliphatic imine (C=N–C) groups is 1. The summed E-state index contributed by atoms with van der Waals surface area (Å²) >= 11 is 1.81. The molecule has 1 saturated carbocycles. The molecule has 0 saturated heterocycles. The van der Waals surface area contributed by atoms with Gasteiger partial charge in [0.1, 0.15) is 0 Å². The van der Waals surface area contributed by atoms with Crippen LogP contribution in [0.15, 0.2) is 22.5 Å².